The molecule has 0 spiro atoms. The van der Waals surface area contributed by atoms with Crippen molar-refractivity contribution in [2.45, 2.75) is 51.6 Å². The van der Waals surface area contributed by atoms with Crippen LogP contribution in [0.1, 0.15) is 57.1 Å². The molecule has 1 saturated heterocycles. The number of rotatable bonds is 13. The van der Waals surface area contributed by atoms with Gasteiger partial charge in [0.05, 0.1) is 18.7 Å². The van der Waals surface area contributed by atoms with Gasteiger partial charge in [-0.15, -0.1) is 0 Å². The fourth-order valence-corrected chi connectivity index (χ4v) is 5.75. The molecule has 182 valence electrons. The largest absolute Gasteiger partial charge is 0.497 e. The normalized spacial score (nSPS) is 20.1. The Labute approximate surface area is 201 Å². The van der Waals surface area contributed by atoms with Gasteiger partial charge in [0.25, 0.3) is 0 Å². The van der Waals surface area contributed by atoms with Crippen molar-refractivity contribution in [2.24, 2.45) is 11.8 Å². The van der Waals surface area contributed by atoms with Crippen molar-refractivity contribution in [1.82, 2.24) is 9.88 Å². The van der Waals surface area contributed by atoms with Crippen molar-refractivity contribution in [3.05, 3.63) is 36.0 Å². The lowest BCUT2D eigenvalue weighted by Crippen LogP contribution is -2.42. The summed E-state index contributed by atoms with van der Waals surface area (Å²) in [5.41, 5.74) is 1.69. The van der Waals surface area contributed by atoms with Gasteiger partial charge < -0.3 is 19.8 Å². The van der Waals surface area contributed by atoms with Gasteiger partial charge in [-0.2, -0.15) is 11.8 Å². The van der Waals surface area contributed by atoms with Gasteiger partial charge in [-0.1, -0.05) is 6.92 Å². The Hall–Kier alpha value is -1.83. The summed E-state index contributed by atoms with van der Waals surface area (Å²) in [4.78, 5) is 18.4. The molecule has 1 fully saturated rings. The number of pyridine rings is 1. The summed E-state index contributed by atoms with van der Waals surface area (Å²) in [7, 11) is 1.63. The molecule has 0 radical (unpaired) electrons. The Bertz CT molecular complexity index is 894. The number of benzene rings is 1. The van der Waals surface area contributed by atoms with Crippen LogP contribution < -0.4 is 4.74 Å². The van der Waals surface area contributed by atoms with Crippen LogP contribution in [0.4, 0.5) is 0 Å². The van der Waals surface area contributed by atoms with Crippen LogP contribution >= 0.6 is 11.8 Å². The van der Waals surface area contributed by atoms with Crippen LogP contribution in [0.2, 0.25) is 0 Å². The number of carboxylic acids is 1. The van der Waals surface area contributed by atoms with E-state index in [9.17, 15) is 15.0 Å². The van der Waals surface area contributed by atoms with Crippen molar-refractivity contribution in [3.8, 4) is 5.75 Å². The van der Waals surface area contributed by atoms with Gasteiger partial charge in [0.1, 0.15) is 5.75 Å². The van der Waals surface area contributed by atoms with E-state index in [4.69, 9.17) is 4.74 Å². The first-order valence-electron chi connectivity index (χ1n) is 12.1. The Morgan fingerprint density at radius 1 is 1.30 bits per heavy atom. The Balaban J connectivity index is 1.59. The number of nitrogens with zero attached hydrogens (tertiary/aromatic N) is 2. The monoisotopic (exact) mass is 474 g/mol. The number of aliphatic hydroxyl groups excluding tert-OH is 1. The van der Waals surface area contributed by atoms with Crippen LogP contribution in [0, 0.1) is 11.8 Å². The first kappa shape index (κ1) is 25.8. The van der Waals surface area contributed by atoms with Crippen LogP contribution in [-0.2, 0) is 4.79 Å². The number of ether oxygens (including phenoxy) is 1. The van der Waals surface area contributed by atoms with Gasteiger partial charge in [-0.25, -0.2) is 0 Å². The minimum Gasteiger partial charge on any atom is -0.497 e. The average Bonchev–Trinajstić information content (AvgIpc) is 2.82. The summed E-state index contributed by atoms with van der Waals surface area (Å²) < 4.78 is 5.35. The third-order valence-corrected chi connectivity index (χ3v) is 7.95. The Kier molecular flexibility index (Phi) is 10.3. The molecule has 33 heavy (non-hydrogen) atoms. The van der Waals surface area contributed by atoms with E-state index in [1.807, 2.05) is 36.0 Å². The highest BCUT2D eigenvalue weighted by atomic mass is 32.2. The standard InChI is InChI=1S/C26H38N2O4S/c1-3-14-33-15-4-12-28-13-10-19(20(18-28)16-26(30)31)5-8-25(29)22-9-11-27-24-7-6-21(32-2)17-23(22)24/h6-7,9,11,17,19-20,25,29H,3-5,8,10,12-16,18H2,1-2H3,(H,30,31)/t19-,20+,25+/m1/s1. The highest BCUT2D eigenvalue weighted by Gasteiger charge is 2.31. The predicted octanol–water partition coefficient (Wildman–Crippen LogP) is 5.00. The summed E-state index contributed by atoms with van der Waals surface area (Å²) >= 11 is 2.01. The molecule has 1 aliphatic rings. The summed E-state index contributed by atoms with van der Waals surface area (Å²) in [5.74, 6) is 2.87. The number of carboxylic acid groups (broad SMARTS) is 1. The van der Waals surface area contributed by atoms with E-state index in [-0.39, 0.29) is 12.3 Å². The van der Waals surface area contributed by atoms with Gasteiger partial charge in [0.15, 0.2) is 0 Å². The molecule has 2 aromatic rings. The summed E-state index contributed by atoms with van der Waals surface area (Å²) in [5, 5.41) is 21.4. The SMILES string of the molecule is CCCSCCCN1CC[C@@H](CC[C@H](O)c2ccnc3ccc(OC)cc23)[C@@H](CC(=O)O)C1. The van der Waals surface area contributed by atoms with Gasteiger partial charge in [0, 0.05) is 24.5 Å². The Morgan fingerprint density at radius 3 is 2.91 bits per heavy atom. The molecular weight excluding hydrogens is 436 g/mol. The molecule has 0 saturated carbocycles. The molecule has 3 atom stereocenters. The maximum Gasteiger partial charge on any atom is 0.303 e. The summed E-state index contributed by atoms with van der Waals surface area (Å²) in [6.45, 7) is 5.12. The molecule has 0 unspecified atom stereocenters. The van der Waals surface area contributed by atoms with Crippen LogP contribution in [-0.4, -0.2) is 64.3 Å². The number of aliphatic hydroxyl groups is 1. The van der Waals surface area contributed by atoms with Crippen molar-refractivity contribution >= 4 is 28.6 Å². The number of piperidine rings is 1. The van der Waals surface area contributed by atoms with Crippen LogP contribution in [0.5, 0.6) is 5.75 Å². The lowest BCUT2D eigenvalue weighted by molar-refractivity contribution is -0.139. The molecule has 0 aliphatic carbocycles. The number of hydrogen-bond acceptors (Lipinski definition) is 6. The number of likely N-dealkylation sites (tertiary alicyclic amines) is 1. The van der Waals surface area contributed by atoms with Crippen molar-refractivity contribution < 1.29 is 19.7 Å². The third-order valence-electron chi connectivity index (χ3n) is 6.68. The average molecular weight is 475 g/mol. The van der Waals surface area contributed by atoms with E-state index >= 15 is 0 Å². The van der Waals surface area contributed by atoms with Gasteiger partial charge in [-0.3, -0.25) is 9.78 Å². The summed E-state index contributed by atoms with van der Waals surface area (Å²) in [6, 6.07) is 7.58. The highest BCUT2D eigenvalue weighted by molar-refractivity contribution is 7.99. The first-order valence-corrected chi connectivity index (χ1v) is 13.3. The van der Waals surface area contributed by atoms with Crippen LogP contribution in [0.3, 0.4) is 0 Å². The maximum absolute atomic E-state index is 11.5. The van der Waals surface area contributed by atoms with E-state index in [1.165, 1.54) is 17.9 Å². The first-order chi connectivity index (χ1) is 16.0. The van der Waals surface area contributed by atoms with E-state index in [2.05, 4.69) is 16.8 Å². The molecule has 1 aliphatic heterocycles. The van der Waals surface area contributed by atoms with Crippen LogP contribution in [0.15, 0.2) is 30.5 Å². The molecule has 7 heteroatoms. The smallest absolute Gasteiger partial charge is 0.303 e. The topological polar surface area (TPSA) is 82.9 Å². The molecule has 1 aromatic heterocycles. The molecule has 1 aromatic carbocycles. The molecule has 3 rings (SSSR count). The van der Waals surface area contributed by atoms with E-state index in [0.29, 0.717) is 12.3 Å². The number of fused-ring (bicyclic) bond motifs is 1. The summed E-state index contributed by atoms with van der Waals surface area (Å²) in [6.07, 6.45) is 6.14. The Morgan fingerprint density at radius 2 is 2.15 bits per heavy atom. The van der Waals surface area contributed by atoms with E-state index in [0.717, 1.165) is 61.1 Å². The zero-order chi connectivity index (χ0) is 23.6. The lowest BCUT2D eigenvalue weighted by Gasteiger charge is -2.38. The minimum absolute atomic E-state index is 0.140. The van der Waals surface area contributed by atoms with Gasteiger partial charge >= 0.3 is 5.97 Å². The molecule has 0 amide bonds. The fourth-order valence-electron chi connectivity index (χ4n) is 4.92. The molecule has 6 nitrogen and oxygen atoms in total. The van der Waals surface area contributed by atoms with Crippen LogP contribution in [0.25, 0.3) is 10.9 Å². The second-order valence-corrected chi connectivity index (χ2v) is 10.3. The van der Waals surface area contributed by atoms with Crippen molar-refractivity contribution in [2.75, 3.05) is 38.2 Å². The van der Waals surface area contributed by atoms with Crippen molar-refractivity contribution in [1.29, 1.82) is 0 Å². The predicted molar refractivity (Wildman–Crippen MR) is 135 cm³/mol. The lowest BCUT2D eigenvalue weighted by atomic mass is 9.79. The molecular formula is C26H38N2O4S. The molecule has 2 heterocycles. The number of aliphatic carboxylic acids is 1. The van der Waals surface area contributed by atoms with E-state index in [1.54, 1.807) is 13.3 Å². The number of methoxy groups -OCH3 is 1. The molecule has 0 bridgehead atoms. The van der Waals surface area contributed by atoms with E-state index < -0.39 is 12.1 Å². The fraction of sp³-hybridized carbons (Fsp3) is 0.615. The van der Waals surface area contributed by atoms with Gasteiger partial charge in [-0.05, 0) is 98.4 Å². The maximum atomic E-state index is 11.5. The highest BCUT2D eigenvalue weighted by Crippen LogP contribution is 2.34. The number of thioether (sulfide) groups is 1. The third kappa shape index (κ3) is 7.59. The quantitative estimate of drug-likeness (QED) is 0.395. The van der Waals surface area contributed by atoms with Crippen molar-refractivity contribution in [3.63, 3.8) is 0 Å². The molecule has 2 N–H and O–H groups in total. The second-order valence-electron chi connectivity index (χ2n) is 9.05. The zero-order valence-corrected chi connectivity index (χ0v) is 20.7. The number of hydrogen-bond donors (Lipinski definition) is 2. The second kappa shape index (κ2) is 13.2. The number of aromatic nitrogens is 1. The minimum atomic E-state index is -0.724. The number of carbonyl (C=O) groups is 1. The zero-order valence-electron chi connectivity index (χ0n) is 19.9. The van der Waals surface area contributed by atoms with Gasteiger partial charge in [0.2, 0.25) is 0 Å².